The fourth-order valence-corrected chi connectivity index (χ4v) is 4.42. The van der Waals surface area contributed by atoms with Gasteiger partial charge in [-0.1, -0.05) is 90.9 Å². The summed E-state index contributed by atoms with van der Waals surface area (Å²) in [6, 6.07) is 0. The Morgan fingerprint density at radius 2 is 1.43 bits per heavy atom. The normalized spacial score (nSPS) is 17.9. The second-order valence-electron chi connectivity index (χ2n) is 9.13. The summed E-state index contributed by atoms with van der Waals surface area (Å²) >= 11 is 0. The van der Waals surface area contributed by atoms with Gasteiger partial charge in [0.1, 0.15) is 12.7 Å². The highest BCUT2D eigenvalue weighted by atomic mass is 31.2. The Hall–Kier alpha value is -1.61. The van der Waals surface area contributed by atoms with E-state index in [0.717, 1.165) is 51.4 Å². The summed E-state index contributed by atoms with van der Waals surface area (Å²) < 4.78 is 25.1. The number of carbonyl (C=O) groups excluding carboxylic acids is 2. The lowest BCUT2D eigenvalue weighted by molar-refractivity contribution is -0.158. The van der Waals surface area contributed by atoms with Crippen LogP contribution in [-0.2, 0) is 28.2 Å². The van der Waals surface area contributed by atoms with E-state index in [-0.39, 0.29) is 5.92 Å². The minimum absolute atomic E-state index is 0.303. The molecule has 4 N–H and O–H groups in total. The largest absolute Gasteiger partial charge is 0.525 e. The van der Waals surface area contributed by atoms with Crippen LogP contribution in [0.1, 0.15) is 104 Å². The Kier molecular flexibility index (Phi) is 15.2. The van der Waals surface area contributed by atoms with E-state index in [2.05, 4.69) is 18.4 Å². The molecule has 0 amide bonds. The van der Waals surface area contributed by atoms with Crippen molar-refractivity contribution in [2.24, 2.45) is 5.92 Å². The van der Waals surface area contributed by atoms with Gasteiger partial charge in [0.05, 0.1) is 5.92 Å². The molecule has 0 radical (unpaired) electrons. The molecule has 0 aromatic rings. The first-order valence-electron chi connectivity index (χ1n) is 12.8. The second-order valence-corrected chi connectivity index (χ2v) is 10.3. The molecule has 1 aliphatic rings. The molecule has 0 saturated carbocycles. The lowest BCUT2D eigenvalue weighted by Gasteiger charge is -2.20. The smallest absolute Gasteiger partial charge is 0.505 e. The van der Waals surface area contributed by atoms with E-state index in [1.54, 1.807) is 0 Å². The molecule has 10 nitrogen and oxygen atoms in total. The third kappa shape index (κ3) is 12.8. The maximum Gasteiger partial charge on any atom is 0.525 e. The van der Waals surface area contributed by atoms with Crippen molar-refractivity contribution in [3.05, 3.63) is 11.5 Å². The number of unbranched alkanes of at least 4 members (excludes halogenated alkanes) is 10. The first kappa shape index (κ1) is 31.4. The molecule has 0 aromatic carbocycles. The average Bonchev–Trinajstić information content (AvgIpc) is 3.07. The summed E-state index contributed by atoms with van der Waals surface area (Å²) in [4.78, 5) is 42.1. The predicted molar refractivity (Wildman–Crippen MR) is 129 cm³/mol. The second kappa shape index (κ2) is 17.0. The Balaban J connectivity index is 2.58. The summed E-state index contributed by atoms with van der Waals surface area (Å²) in [6.45, 7) is 3.77. The van der Waals surface area contributed by atoms with E-state index in [4.69, 9.17) is 19.3 Å². The number of phosphoric acid groups is 1. The monoisotopic (exact) mass is 522 g/mol. The van der Waals surface area contributed by atoms with Crippen LogP contribution in [-0.4, -0.2) is 50.8 Å². The van der Waals surface area contributed by atoms with Crippen LogP contribution in [0.3, 0.4) is 0 Å². The lowest BCUT2D eigenvalue weighted by atomic mass is 9.94. The first-order chi connectivity index (χ1) is 16.6. The van der Waals surface area contributed by atoms with Crippen LogP contribution in [0.15, 0.2) is 11.5 Å². The van der Waals surface area contributed by atoms with Crippen molar-refractivity contribution in [1.82, 2.24) is 0 Å². The molecular weight excluding hydrogens is 479 g/mol. The summed E-state index contributed by atoms with van der Waals surface area (Å²) in [6.07, 6.45) is 11.4. The molecule has 204 valence electrons. The number of ether oxygens (including phenoxy) is 2. The fraction of sp³-hybridized carbons (Fsp3) is 0.833. The van der Waals surface area contributed by atoms with Crippen LogP contribution < -0.4 is 0 Å². The van der Waals surface area contributed by atoms with Crippen LogP contribution >= 0.6 is 7.82 Å². The number of esters is 2. The van der Waals surface area contributed by atoms with Crippen LogP contribution in [0.25, 0.3) is 0 Å². The highest BCUT2D eigenvalue weighted by Gasteiger charge is 2.43. The topological polar surface area (TPSA) is 160 Å². The molecule has 0 spiro atoms. The summed E-state index contributed by atoms with van der Waals surface area (Å²) in [5, 5.41) is 20.3. The van der Waals surface area contributed by atoms with Crippen LogP contribution in [0, 0.1) is 5.92 Å². The summed E-state index contributed by atoms with van der Waals surface area (Å²) in [7, 11) is -5.12. The van der Waals surface area contributed by atoms with Gasteiger partial charge in [-0.05, 0) is 12.8 Å². The number of aliphatic hydroxyl groups excluding tert-OH is 2. The standard InChI is InChI=1S/C24H43O10P/c1-3-5-7-9-10-12-14-16-18(15-13-11-8-6-4-2)23(27)32-17-19(25)21-20(26)22(24(28)33-21)34-35(29,30)31/h18-19,21,25-26H,3-17H2,1-2H3,(H2,29,30,31)/t18?,19-,21+/m0/s1. The van der Waals surface area contributed by atoms with Gasteiger partial charge in [-0.15, -0.1) is 0 Å². The zero-order valence-corrected chi connectivity index (χ0v) is 21.9. The van der Waals surface area contributed by atoms with E-state index >= 15 is 0 Å². The van der Waals surface area contributed by atoms with Gasteiger partial charge in [-0.25, -0.2) is 9.36 Å². The Labute approximate surface area is 208 Å². The van der Waals surface area contributed by atoms with Gasteiger partial charge in [0.2, 0.25) is 0 Å². The molecule has 1 rings (SSSR count). The molecular formula is C24H43O10P. The third-order valence-corrected chi connectivity index (χ3v) is 6.44. The Morgan fingerprint density at radius 1 is 0.943 bits per heavy atom. The predicted octanol–water partition coefficient (Wildman–Crippen LogP) is 4.81. The zero-order chi connectivity index (χ0) is 26.3. The number of phosphoric ester groups is 1. The van der Waals surface area contributed by atoms with Crippen LogP contribution in [0.5, 0.6) is 0 Å². The number of carbonyl (C=O) groups is 2. The van der Waals surface area contributed by atoms with Crippen molar-refractivity contribution in [2.75, 3.05) is 6.61 Å². The van der Waals surface area contributed by atoms with E-state index < -0.39 is 50.1 Å². The molecule has 3 atom stereocenters. The number of hydrogen-bond acceptors (Lipinski definition) is 8. The molecule has 0 aromatic heterocycles. The molecule has 1 aliphatic heterocycles. The first-order valence-corrected chi connectivity index (χ1v) is 14.4. The van der Waals surface area contributed by atoms with Gasteiger partial charge in [0, 0.05) is 0 Å². The van der Waals surface area contributed by atoms with Gasteiger partial charge < -0.3 is 24.2 Å². The quantitative estimate of drug-likeness (QED) is 0.0992. The zero-order valence-electron chi connectivity index (χ0n) is 21.0. The Morgan fingerprint density at radius 3 is 1.91 bits per heavy atom. The van der Waals surface area contributed by atoms with Gasteiger partial charge in [-0.3, -0.25) is 14.6 Å². The molecule has 0 fully saturated rings. The fourth-order valence-electron chi connectivity index (χ4n) is 4.02. The molecule has 1 heterocycles. The van der Waals surface area contributed by atoms with Crippen molar-refractivity contribution in [1.29, 1.82) is 0 Å². The Bertz CT molecular complexity index is 717. The number of aliphatic hydroxyl groups is 2. The minimum atomic E-state index is -5.12. The molecule has 35 heavy (non-hydrogen) atoms. The summed E-state index contributed by atoms with van der Waals surface area (Å²) in [5.41, 5.74) is 0. The molecule has 1 unspecified atom stereocenters. The molecule has 0 bridgehead atoms. The van der Waals surface area contributed by atoms with Crippen molar-refractivity contribution in [3.63, 3.8) is 0 Å². The van der Waals surface area contributed by atoms with Crippen LogP contribution in [0.4, 0.5) is 0 Å². The van der Waals surface area contributed by atoms with Crippen molar-refractivity contribution in [2.45, 2.75) is 116 Å². The van der Waals surface area contributed by atoms with Gasteiger partial charge >= 0.3 is 19.8 Å². The van der Waals surface area contributed by atoms with E-state index in [1.165, 1.54) is 25.7 Å². The van der Waals surface area contributed by atoms with E-state index in [1.807, 2.05) is 0 Å². The number of rotatable bonds is 20. The maximum atomic E-state index is 12.7. The average molecular weight is 523 g/mol. The SMILES string of the molecule is CCCCCCCCCC(CCCCCCC)C(=O)OC[C@H](O)[C@H]1OC(=O)C(OP(=O)(O)O)=C1O. The number of cyclic esters (lactones) is 1. The van der Waals surface area contributed by atoms with Crippen LogP contribution in [0.2, 0.25) is 0 Å². The van der Waals surface area contributed by atoms with E-state index in [9.17, 15) is 24.4 Å². The van der Waals surface area contributed by atoms with E-state index in [0.29, 0.717) is 12.8 Å². The molecule has 0 aliphatic carbocycles. The number of hydrogen-bond donors (Lipinski definition) is 4. The molecule has 0 saturated heterocycles. The van der Waals surface area contributed by atoms with Crippen molar-refractivity contribution >= 4 is 19.8 Å². The minimum Gasteiger partial charge on any atom is -0.505 e. The molecule has 11 heteroatoms. The third-order valence-electron chi connectivity index (χ3n) is 6.02. The van der Waals surface area contributed by atoms with Crippen molar-refractivity contribution in [3.8, 4) is 0 Å². The highest BCUT2D eigenvalue weighted by Crippen LogP contribution is 2.42. The summed E-state index contributed by atoms with van der Waals surface area (Å²) in [5.74, 6) is -4.12. The van der Waals surface area contributed by atoms with Crippen molar-refractivity contribution < 1.29 is 48.2 Å². The van der Waals surface area contributed by atoms with Gasteiger partial charge in [0.15, 0.2) is 11.9 Å². The lowest BCUT2D eigenvalue weighted by Crippen LogP contribution is -2.34. The maximum absolute atomic E-state index is 12.7. The van der Waals surface area contributed by atoms with Gasteiger partial charge in [0.25, 0.3) is 5.76 Å². The van der Waals surface area contributed by atoms with Gasteiger partial charge in [-0.2, -0.15) is 0 Å². The highest BCUT2D eigenvalue weighted by molar-refractivity contribution is 7.46.